The number of ether oxygens (including phenoxy) is 1. The topological polar surface area (TPSA) is 21.3 Å². The fourth-order valence-electron chi connectivity index (χ4n) is 4.60. The molecular weight excluding hydrogens is 258 g/mol. The Morgan fingerprint density at radius 3 is 2.86 bits per heavy atom. The number of hydrogen-bond acceptors (Lipinski definition) is 2. The average molecular weight is 287 g/mol. The summed E-state index contributed by atoms with van der Waals surface area (Å²) >= 11 is 0. The first-order valence-electron chi connectivity index (χ1n) is 8.71. The van der Waals surface area contributed by atoms with Crippen LogP contribution in [-0.4, -0.2) is 19.7 Å². The molecule has 2 nitrogen and oxygen atoms in total. The van der Waals surface area contributed by atoms with Crippen molar-refractivity contribution >= 4 is 0 Å². The van der Waals surface area contributed by atoms with Crippen molar-refractivity contribution in [2.45, 2.75) is 51.5 Å². The summed E-state index contributed by atoms with van der Waals surface area (Å²) in [4.78, 5) is 0. The quantitative estimate of drug-likeness (QED) is 0.902. The number of para-hydroxylation sites is 1. The first-order chi connectivity index (χ1) is 10.3. The lowest BCUT2D eigenvalue weighted by molar-refractivity contribution is 0.103. The van der Waals surface area contributed by atoms with Crippen LogP contribution in [0.3, 0.4) is 0 Å². The van der Waals surface area contributed by atoms with Gasteiger partial charge in [-0.05, 0) is 43.4 Å². The van der Waals surface area contributed by atoms with Crippen molar-refractivity contribution in [1.29, 1.82) is 0 Å². The van der Waals surface area contributed by atoms with E-state index in [2.05, 4.69) is 43.6 Å². The van der Waals surface area contributed by atoms with Crippen LogP contribution in [0, 0.1) is 17.8 Å². The lowest BCUT2D eigenvalue weighted by Crippen LogP contribution is -2.48. The minimum atomic E-state index is 0.601. The van der Waals surface area contributed by atoms with Gasteiger partial charge in [-0.25, -0.2) is 0 Å². The Labute approximate surface area is 129 Å². The van der Waals surface area contributed by atoms with Gasteiger partial charge in [0.1, 0.15) is 5.75 Å². The highest BCUT2D eigenvalue weighted by Crippen LogP contribution is 2.39. The van der Waals surface area contributed by atoms with Crippen LogP contribution in [0.2, 0.25) is 0 Å². The van der Waals surface area contributed by atoms with Crippen molar-refractivity contribution < 1.29 is 4.74 Å². The van der Waals surface area contributed by atoms with Gasteiger partial charge < -0.3 is 10.1 Å². The van der Waals surface area contributed by atoms with Gasteiger partial charge in [0.2, 0.25) is 0 Å². The van der Waals surface area contributed by atoms with Crippen LogP contribution in [0.15, 0.2) is 24.3 Å². The Balaban J connectivity index is 1.75. The number of benzene rings is 1. The Morgan fingerprint density at radius 2 is 2.05 bits per heavy atom. The van der Waals surface area contributed by atoms with Crippen LogP contribution in [0.5, 0.6) is 5.75 Å². The summed E-state index contributed by atoms with van der Waals surface area (Å²) in [5, 5.41) is 3.66. The van der Waals surface area contributed by atoms with Gasteiger partial charge in [0.15, 0.2) is 0 Å². The van der Waals surface area contributed by atoms with Crippen LogP contribution in [0.4, 0.5) is 0 Å². The number of hydrogen-bond donors (Lipinski definition) is 1. The summed E-state index contributed by atoms with van der Waals surface area (Å²) < 4.78 is 6.04. The van der Waals surface area contributed by atoms with Crippen LogP contribution >= 0.6 is 0 Å². The highest BCUT2D eigenvalue weighted by atomic mass is 16.5. The third-order valence-corrected chi connectivity index (χ3v) is 5.70. The molecule has 1 aromatic carbocycles. The first-order valence-corrected chi connectivity index (χ1v) is 8.71. The zero-order valence-corrected chi connectivity index (χ0v) is 13.5. The van der Waals surface area contributed by atoms with Crippen molar-refractivity contribution in [3.63, 3.8) is 0 Å². The Bertz CT molecular complexity index is 459. The van der Waals surface area contributed by atoms with Crippen LogP contribution in [0.1, 0.15) is 44.6 Å². The summed E-state index contributed by atoms with van der Waals surface area (Å²) in [5.74, 6) is 3.43. The van der Waals surface area contributed by atoms with Gasteiger partial charge in [0.05, 0.1) is 6.61 Å². The predicted molar refractivity (Wildman–Crippen MR) is 87.7 cm³/mol. The molecule has 4 atom stereocenters. The molecule has 0 aromatic heterocycles. The van der Waals surface area contributed by atoms with Gasteiger partial charge in [-0.2, -0.15) is 0 Å². The second kappa shape index (κ2) is 6.83. The highest BCUT2D eigenvalue weighted by Gasteiger charge is 2.36. The fourth-order valence-corrected chi connectivity index (χ4v) is 4.60. The number of nitrogens with one attached hydrogen (secondary N) is 1. The van der Waals surface area contributed by atoms with Crippen LogP contribution in [0.25, 0.3) is 0 Å². The molecule has 116 valence electrons. The second-order valence-electron chi connectivity index (χ2n) is 6.81. The molecule has 2 aliphatic rings. The molecule has 1 fully saturated rings. The molecule has 1 saturated carbocycles. The summed E-state index contributed by atoms with van der Waals surface area (Å²) in [6, 6.07) is 9.14. The van der Waals surface area contributed by atoms with E-state index in [4.69, 9.17) is 4.74 Å². The van der Waals surface area contributed by atoms with Crippen molar-refractivity contribution in [3.8, 4) is 5.75 Å². The molecule has 1 heterocycles. The lowest BCUT2D eigenvalue weighted by atomic mass is 9.70. The van der Waals surface area contributed by atoms with E-state index in [9.17, 15) is 0 Å². The van der Waals surface area contributed by atoms with Crippen molar-refractivity contribution in [2.75, 3.05) is 13.7 Å². The zero-order chi connectivity index (χ0) is 14.7. The zero-order valence-electron chi connectivity index (χ0n) is 13.5. The minimum Gasteiger partial charge on any atom is -0.493 e. The van der Waals surface area contributed by atoms with Gasteiger partial charge in [-0.3, -0.25) is 0 Å². The maximum Gasteiger partial charge on any atom is 0.122 e. The van der Waals surface area contributed by atoms with Gasteiger partial charge in [0.25, 0.3) is 0 Å². The molecule has 2 heteroatoms. The van der Waals surface area contributed by atoms with Gasteiger partial charge in [-0.15, -0.1) is 0 Å². The van der Waals surface area contributed by atoms with E-state index < -0.39 is 0 Å². The summed E-state index contributed by atoms with van der Waals surface area (Å²) in [6.07, 6.45) is 8.13. The van der Waals surface area contributed by atoms with Crippen LogP contribution < -0.4 is 10.1 Å². The molecule has 1 aliphatic carbocycles. The van der Waals surface area contributed by atoms with Gasteiger partial charge >= 0.3 is 0 Å². The Morgan fingerprint density at radius 1 is 1.24 bits per heavy atom. The Kier molecular flexibility index (Phi) is 4.84. The highest BCUT2D eigenvalue weighted by molar-refractivity contribution is 5.35. The molecule has 1 aromatic rings. The van der Waals surface area contributed by atoms with Gasteiger partial charge in [-0.1, -0.05) is 50.8 Å². The largest absolute Gasteiger partial charge is 0.493 e. The van der Waals surface area contributed by atoms with Crippen molar-refractivity contribution in [2.24, 2.45) is 17.8 Å². The van der Waals surface area contributed by atoms with E-state index in [1.54, 1.807) is 0 Å². The third-order valence-electron chi connectivity index (χ3n) is 5.70. The molecule has 4 unspecified atom stereocenters. The number of fused-ring (bicyclic) bond motifs is 1. The minimum absolute atomic E-state index is 0.601. The SMILES string of the molecule is CCC1CCCCC1C(NC)C1COc2ccccc2C1. The van der Waals surface area contributed by atoms with E-state index in [0.29, 0.717) is 12.0 Å². The van der Waals surface area contributed by atoms with E-state index in [1.807, 2.05) is 0 Å². The first kappa shape index (κ1) is 14.9. The molecule has 0 bridgehead atoms. The molecule has 1 N–H and O–H groups in total. The monoisotopic (exact) mass is 287 g/mol. The van der Waals surface area contributed by atoms with E-state index >= 15 is 0 Å². The molecule has 21 heavy (non-hydrogen) atoms. The van der Waals surface area contributed by atoms with Crippen molar-refractivity contribution in [3.05, 3.63) is 29.8 Å². The van der Waals surface area contributed by atoms with Crippen molar-refractivity contribution in [1.82, 2.24) is 5.32 Å². The van der Waals surface area contributed by atoms with Crippen LogP contribution in [-0.2, 0) is 6.42 Å². The lowest BCUT2D eigenvalue weighted by Gasteiger charge is -2.42. The maximum atomic E-state index is 6.04. The normalized spacial score (nSPS) is 30.3. The van der Waals surface area contributed by atoms with E-state index in [1.165, 1.54) is 37.7 Å². The smallest absolute Gasteiger partial charge is 0.122 e. The maximum absolute atomic E-state index is 6.04. The molecular formula is C19H29NO. The van der Waals surface area contributed by atoms with Gasteiger partial charge in [0, 0.05) is 12.0 Å². The summed E-state index contributed by atoms with van der Waals surface area (Å²) in [6.45, 7) is 3.23. The van der Waals surface area contributed by atoms with E-state index in [-0.39, 0.29) is 0 Å². The predicted octanol–water partition coefficient (Wildman–Crippen LogP) is 4.04. The molecule has 0 spiro atoms. The molecule has 3 rings (SSSR count). The Hall–Kier alpha value is -1.02. The molecule has 0 radical (unpaired) electrons. The van der Waals surface area contributed by atoms with E-state index in [0.717, 1.165) is 30.6 Å². The summed E-state index contributed by atoms with van der Waals surface area (Å²) in [7, 11) is 2.15. The second-order valence-corrected chi connectivity index (χ2v) is 6.81. The third kappa shape index (κ3) is 3.11. The average Bonchev–Trinajstić information content (AvgIpc) is 2.56. The number of rotatable bonds is 4. The molecule has 0 saturated heterocycles. The molecule has 1 aliphatic heterocycles. The fraction of sp³-hybridized carbons (Fsp3) is 0.684. The standard InChI is InChI=1S/C19H29NO/c1-3-14-8-4-6-10-17(14)19(20-2)16-12-15-9-5-7-11-18(15)21-13-16/h5,7,9,11,14,16-17,19-20H,3-4,6,8,10,12-13H2,1-2H3. The molecule has 0 amide bonds. The summed E-state index contributed by atoms with van der Waals surface area (Å²) in [5.41, 5.74) is 1.39.